The molecule has 2 aromatic rings. The van der Waals surface area contributed by atoms with Crippen LogP contribution in [0.3, 0.4) is 0 Å². The SMILES string of the molecule is COc1ccc(NC(=O)C(=O)NC[C@@H](c2ccc(F)cc2)N2CCOCC2)cc1. The molecule has 2 aromatic carbocycles. The number of benzene rings is 2. The minimum atomic E-state index is -0.755. The van der Waals surface area contributed by atoms with Gasteiger partial charge in [0.25, 0.3) is 0 Å². The molecule has 2 amide bonds. The fourth-order valence-electron chi connectivity index (χ4n) is 3.16. The van der Waals surface area contributed by atoms with Crippen molar-refractivity contribution in [2.24, 2.45) is 0 Å². The van der Waals surface area contributed by atoms with Gasteiger partial charge in [-0.3, -0.25) is 14.5 Å². The van der Waals surface area contributed by atoms with Crippen LogP contribution in [0.15, 0.2) is 48.5 Å². The Kier molecular flexibility index (Phi) is 7.15. The molecule has 7 nitrogen and oxygen atoms in total. The second-order valence-corrected chi connectivity index (χ2v) is 6.61. The van der Waals surface area contributed by atoms with Crippen molar-refractivity contribution < 1.29 is 23.5 Å². The zero-order valence-corrected chi connectivity index (χ0v) is 16.2. The summed E-state index contributed by atoms with van der Waals surface area (Å²) in [5, 5.41) is 5.24. The first-order valence-electron chi connectivity index (χ1n) is 9.37. The summed E-state index contributed by atoms with van der Waals surface area (Å²) in [6.07, 6.45) is 0. The number of rotatable bonds is 6. The Morgan fingerprint density at radius 3 is 2.34 bits per heavy atom. The predicted molar refractivity (Wildman–Crippen MR) is 106 cm³/mol. The van der Waals surface area contributed by atoms with Crippen molar-refractivity contribution >= 4 is 17.5 Å². The number of nitrogens with zero attached hydrogens (tertiary/aromatic N) is 1. The number of amides is 2. The first kappa shape index (κ1) is 20.8. The average Bonchev–Trinajstić information content (AvgIpc) is 2.76. The molecule has 29 heavy (non-hydrogen) atoms. The van der Waals surface area contributed by atoms with Gasteiger partial charge in [0.1, 0.15) is 11.6 Å². The second kappa shape index (κ2) is 9.99. The van der Waals surface area contributed by atoms with Crippen molar-refractivity contribution in [1.82, 2.24) is 10.2 Å². The number of carbonyl (C=O) groups excluding carboxylic acids is 2. The molecule has 1 saturated heterocycles. The standard InChI is InChI=1S/C21H24FN3O4/c1-28-18-8-6-17(7-9-18)24-21(27)20(26)23-14-19(25-10-12-29-13-11-25)15-2-4-16(22)5-3-15/h2-9,19H,10-14H2,1H3,(H,23,26)(H,24,27)/t19-/m0/s1. The molecule has 2 N–H and O–H groups in total. The highest BCUT2D eigenvalue weighted by atomic mass is 19.1. The number of morpholine rings is 1. The maximum Gasteiger partial charge on any atom is 0.313 e. The molecule has 1 heterocycles. The Morgan fingerprint density at radius 2 is 1.72 bits per heavy atom. The number of hydrogen-bond acceptors (Lipinski definition) is 5. The number of ether oxygens (including phenoxy) is 2. The van der Waals surface area contributed by atoms with E-state index < -0.39 is 11.8 Å². The zero-order valence-electron chi connectivity index (χ0n) is 16.2. The van der Waals surface area contributed by atoms with Gasteiger partial charge in [0, 0.05) is 25.3 Å². The third-order valence-corrected chi connectivity index (χ3v) is 4.75. The molecule has 0 unspecified atom stereocenters. The topological polar surface area (TPSA) is 79.9 Å². The third-order valence-electron chi connectivity index (χ3n) is 4.75. The van der Waals surface area contributed by atoms with Crippen LogP contribution < -0.4 is 15.4 Å². The molecule has 0 radical (unpaired) electrons. The number of halogens is 1. The van der Waals surface area contributed by atoms with E-state index in [0.717, 1.165) is 5.56 Å². The average molecular weight is 401 g/mol. The van der Waals surface area contributed by atoms with E-state index in [4.69, 9.17) is 9.47 Å². The van der Waals surface area contributed by atoms with E-state index in [9.17, 15) is 14.0 Å². The molecule has 8 heteroatoms. The molecule has 3 rings (SSSR count). The normalized spacial score (nSPS) is 15.4. The molecule has 1 aliphatic rings. The van der Waals surface area contributed by atoms with Crippen LogP contribution >= 0.6 is 0 Å². The lowest BCUT2D eigenvalue weighted by molar-refractivity contribution is -0.136. The highest BCUT2D eigenvalue weighted by Gasteiger charge is 2.24. The molecular formula is C21H24FN3O4. The molecule has 1 fully saturated rings. The highest BCUT2D eigenvalue weighted by molar-refractivity contribution is 6.39. The third kappa shape index (κ3) is 5.75. The van der Waals surface area contributed by atoms with Crippen LogP contribution in [0.2, 0.25) is 0 Å². The quantitative estimate of drug-likeness (QED) is 0.724. The number of nitrogens with one attached hydrogen (secondary N) is 2. The predicted octanol–water partition coefficient (Wildman–Crippen LogP) is 1.96. The Balaban J connectivity index is 1.61. The van der Waals surface area contributed by atoms with Crippen molar-refractivity contribution in [2.75, 3.05) is 45.3 Å². The number of carbonyl (C=O) groups is 2. The smallest absolute Gasteiger partial charge is 0.313 e. The molecule has 154 valence electrons. The zero-order chi connectivity index (χ0) is 20.6. The summed E-state index contributed by atoms with van der Waals surface area (Å²) in [6, 6.07) is 12.7. The van der Waals surface area contributed by atoms with Gasteiger partial charge in [0.2, 0.25) is 0 Å². The van der Waals surface area contributed by atoms with Gasteiger partial charge in [0.15, 0.2) is 0 Å². The molecule has 0 aliphatic carbocycles. The highest BCUT2D eigenvalue weighted by Crippen LogP contribution is 2.22. The number of hydrogen-bond donors (Lipinski definition) is 2. The van der Waals surface area contributed by atoms with E-state index in [0.29, 0.717) is 37.7 Å². The maximum atomic E-state index is 13.3. The van der Waals surface area contributed by atoms with Gasteiger partial charge in [-0.2, -0.15) is 0 Å². The van der Waals surface area contributed by atoms with Crippen LogP contribution in [-0.2, 0) is 14.3 Å². The Morgan fingerprint density at radius 1 is 1.07 bits per heavy atom. The van der Waals surface area contributed by atoms with E-state index in [1.165, 1.54) is 12.1 Å². The van der Waals surface area contributed by atoms with Crippen molar-refractivity contribution in [3.63, 3.8) is 0 Å². The lowest BCUT2D eigenvalue weighted by Crippen LogP contribution is -2.45. The summed E-state index contributed by atoms with van der Waals surface area (Å²) in [5.74, 6) is -1.16. The summed E-state index contributed by atoms with van der Waals surface area (Å²) in [7, 11) is 1.55. The summed E-state index contributed by atoms with van der Waals surface area (Å²) in [4.78, 5) is 26.6. The van der Waals surface area contributed by atoms with Crippen LogP contribution in [0.4, 0.5) is 10.1 Å². The van der Waals surface area contributed by atoms with Gasteiger partial charge >= 0.3 is 11.8 Å². The van der Waals surface area contributed by atoms with E-state index in [-0.39, 0.29) is 18.4 Å². The monoisotopic (exact) mass is 401 g/mol. The molecular weight excluding hydrogens is 377 g/mol. The van der Waals surface area contributed by atoms with Crippen LogP contribution in [-0.4, -0.2) is 56.7 Å². The van der Waals surface area contributed by atoms with Gasteiger partial charge < -0.3 is 20.1 Å². The van der Waals surface area contributed by atoms with Crippen LogP contribution in [0.1, 0.15) is 11.6 Å². The lowest BCUT2D eigenvalue weighted by Gasteiger charge is -2.34. The second-order valence-electron chi connectivity index (χ2n) is 6.61. The maximum absolute atomic E-state index is 13.3. The molecule has 1 aliphatic heterocycles. The molecule has 0 aromatic heterocycles. The van der Waals surface area contributed by atoms with Crippen molar-refractivity contribution in [3.8, 4) is 5.75 Å². The Labute approximate surface area is 168 Å². The van der Waals surface area contributed by atoms with Gasteiger partial charge in [-0.15, -0.1) is 0 Å². The minimum absolute atomic E-state index is 0.183. The van der Waals surface area contributed by atoms with Crippen molar-refractivity contribution in [1.29, 1.82) is 0 Å². The van der Waals surface area contributed by atoms with E-state index in [2.05, 4.69) is 15.5 Å². The summed E-state index contributed by atoms with van der Waals surface area (Å²) in [6.45, 7) is 2.78. The van der Waals surface area contributed by atoms with Crippen LogP contribution in [0.25, 0.3) is 0 Å². The summed E-state index contributed by atoms with van der Waals surface area (Å²) < 4.78 is 23.8. The van der Waals surface area contributed by atoms with Crippen molar-refractivity contribution in [3.05, 3.63) is 59.9 Å². The summed E-state index contributed by atoms with van der Waals surface area (Å²) >= 11 is 0. The van der Waals surface area contributed by atoms with E-state index >= 15 is 0 Å². The van der Waals surface area contributed by atoms with E-state index in [1.807, 2.05) is 0 Å². The fourth-order valence-corrected chi connectivity index (χ4v) is 3.16. The molecule has 0 spiro atoms. The molecule has 1 atom stereocenters. The van der Waals surface area contributed by atoms with Gasteiger partial charge in [-0.05, 0) is 42.0 Å². The van der Waals surface area contributed by atoms with Gasteiger partial charge in [0.05, 0.1) is 26.4 Å². The molecule has 0 saturated carbocycles. The largest absolute Gasteiger partial charge is 0.497 e. The van der Waals surface area contributed by atoms with Crippen LogP contribution in [0.5, 0.6) is 5.75 Å². The Bertz CT molecular complexity index is 821. The van der Waals surface area contributed by atoms with Crippen LogP contribution in [0, 0.1) is 5.82 Å². The fraction of sp³-hybridized carbons (Fsp3) is 0.333. The first-order valence-corrected chi connectivity index (χ1v) is 9.37. The number of anilines is 1. The Hall–Kier alpha value is -2.97. The molecule has 0 bridgehead atoms. The van der Waals surface area contributed by atoms with E-state index in [1.54, 1.807) is 43.5 Å². The van der Waals surface area contributed by atoms with Gasteiger partial charge in [-0.25, -0.2) is 4.39 Å². The van der Waals surface area contributed by atoms with Gasteiger partial charge in [-0.1, -0.05) is 12.1 Å². The summed E-state index contributed by atoms with van der Waals surface area (Å²) in [5.41, 5.74) is 1.36. The minimum Gasteiger partial charge on any atom is -0.497 e. The lowest BCUT2D eigenvalue weighted by atomic mass is 10.0. The van der Waals surface area contributed by atoms with Crippen molar-refractivity contribution in [2.45, 2.75) is 6.04 Å². The first-order chi connectivity index (χ1) is 14.1. The number of methoxy groups -OCH3 is 1.